The van der Waals surface area contributed by atoms with E-state index < -0.39 is 5.78 Å². The number of rotatable bonds is 3. The third kappa shape index (κ3) is 2.23. The van der Waals surface area contributed by atoms with Crippen molar-refractivity contribution in [1.29, 1.82) is 0 Å². The highest BCUT2D eigenvalue weighted by Crippen LogP contribution is 2.35. The van der Waals surface area contributed by atoms with Crippen LogP contribution >= 0.6 is 11.6 Å². The Labute approximate surface area is 92.9 Å². The van der Waals surface area contributed by atoms with Gasteiger partial charge in [-0.15, -0.1) is 6.42 Å². The van der Waals surface area contributed by atoms with Crippen LogP contribution in [0.1, 0.15) is 10.4 Å². The molecule has 1 aromatic carbocycles. The molecule has 0 atom stereocenters. The van der Waals surface area contributed by atoms with E-state index in [1.807, 2.05) is 5.92 Å². The number of halogens is 1. The van der Waals surface area contributed by atoms with Crippen molar-refractivity contribution >= 4 is 17.4 Å². The molecule has 0 N–H and O–H groups in total. The predicted molar refractivity (Wildman–Crippen MR) is 57.7 cm³/mol. The first-order valence-electron chi connectivity index (χ1n) is 4.06. The Morgan fingerprint density at radius 3 is 2.53 bits per heavy atom. The number of carbonyl (C=O) groups excluding carboxylic acids is 1. The summed E-state index contributed by atoms with van der Waals surface area (Å²) in [7, 11) is 2.92. The van der Waals surface area contributed by atoms with Gasteiger partial charge < -0.3 is 9.47 Å². The average molecular weight is 225 g/mol. The van der Waals surface area contributed by atoms with Crippen molar-refractivity contribution < 1.29 is 14.3 Å². The second-order valence-corrected chi connectivity index (χ2v) is 3.07. The molecular formula is C11H9ClO3. The van der Waals surface area contributed by atoms with Gasteiger partial charge in [-0.1, -0.05) is 11.6 Å². The Kier molecular flexibility index (Phi) is 3.59. The maximum absolute atomic E-state index is 11.2. The van der Waals surface area contributed by atoms with Crippen molar-refractivity contribution in [2.75, 3.05) is 14.2 Å². The van der Waals surface area contributed by atoms with E-state index in [4.69, 9.17) is 27.5 Å². The van der Waals surface area contributed by atoms with Crippen molar-refractivity contribution in [3.8, 4) is 23.8 Å². The topological polar surface area (TPSA) is 35.5 Å². The number of ether oxygens (including phenoxy) is 2. The van der Waals surface area contributed by atoms with Gasteiger partial charge >= 0.3 is 0 Å². The van der Waals surface area contributed by atoms with E-state index in [1.54, 1.807) is 0 Å². The summed E-state index contributed by atoms with van der Waals surface area (Å²) in [6.07, 6.45) is 5.00. The molecule has 0 aliphatic rings. The molecule has 0 radical (unpaired) electrons. The standard InChI is InChI=1S/C11H9ClO3/c1-4-9(13)7-5-8(12)11(15-3)10(6-7)14-2/h1,5-6H,2-3H3. The summed E-state index contributed by atoms with van der Waals surface area (Å²) in [5, 5.41) is 0.287. The molecule has 0 saturated heterocycles. The second-order valence-electron chi connectivity index (χ2n) is 2.67. The van der Waals surface area contributed by atoms with Crippen LogP contribution in [-0.2, 0) is 0 Å². The summed E-state index contributed by atoms with van der Waals surface area (Å²) in [6.45, 7) is 0. The smallest absolute Gasteiger partial charge is 0.235 e. The quantitative estimate of drug-likeness (QED) is 0.449. The van der Waals surface area contributed by atoms with Crippen molar-refractivity contribution in [2.45, 2.75) is 0 Å². The van der Waals surface area contributed by atoms with E-state index in [-0.39, 0.29) is 5.02 Å². The van der Waals surface area contributed by atoms with Gasteiger partial charge in [-0.05, 0) is 18.1 Å². The number of Topliss-reactive ketones (excluding diaryl/α,β-unsaturated/α-hetero) is 1. The number of hydrogen-bond acceptors (Lipinski definition) is 3. The van der Waals surface area contributed by atoms with Crippen molar-refractivity contribution in [3.63, 3.8) is 0 Å². The zero-order valence-electron chi connectivity index (χ0n) is 8.33. The number of ketones is 1. The average Bonchev–Trinajstić information content (AvgIpc) is 2.26. The van der Waals surface area contributed by atoms with E-state index in [0.717, 1.165) is 0 Å². The molecule has 0 spiro atoms. The first-order chi connectivity index (χ1) is 7.13. The van der Waals surface area contributed by atoms with Crippen molar-refractivity contribution in [2.24, 2.45) is 0 Å². The lowest BCUT2D eigenvalue weighted by Crippen LogP contribution is -1.98. The lowest BCUT2D eigenvalue weighted by molar-refractivity contribution is 0.105. The number of carbonyl (C=O) groups is 1. The van der Waals surface area contributed by atoms with Gasteiger partial charge in [-0.3, -0.25) is 4.79 Å². The summed E-state index contributed by atoms with van der Waals surface area (Å²) >= 11 is 5.89. The molecule has 0 fully saturated rings. The van der Waals surface area contributed by atoms with Crippen LogP contribution in [0.2, 0.25) is 5.02 Å². The summed E-state index contributed by atoms with van der Waals surface area (Å²) < 4.78 is 10.0. The number of terminal acetylenes is 1. The Morgan fingerprint density at radius 1 is 1.40 bits per heavy atom. The molecule has 0 heterocycles. The van der Waals surface area contributed by atoms with E-state index in [2.05, 4.69) is 0 Å². The van der Waals surface area contributed by atoms with Gasteiger partial charge in [0.25, 0.3) is 0 Å². The zero-order valence-corrected chi connectivity index (χ0v) is 9.09. The SMILES string of the molecule is C#CC(=O)c1cc(Cl)c(OC)c(OC)c1. The highest BCUT2D eigenvalue weighted by Gasteiger charge is 2.13. The number of hydrogen-bond donors (Lipinski definition) is 0. The number of benzene rings is 1. The first-order valence-corrected chi connectivity index (χ1v) is 4.44. The van der Waals surface area contributed by atoms with Crippen molar-refractivity contribution in [1.82, 2.24) is 0 Å². The Hall–Kier alpha value is -1.66. The van der Waals surface area contributed by atoms with Crippen LogP contribution in [0.4, 0.5) is 0 Å². The Bertz CT molecular complexity index is 432. The minimum absolute atomic E-state index is 0.287. The fraction of sp³-hybridized carbons (Fsp3) is 0.182. The molecule has 4 heteroatoms. The second kappa shape index (κ2) is 4.72. The van der Waals surface area contributed by atoms with Gasteiger partial charge in [0, 0.05) is 5.56 Å². The fourth-order valence-corrected chi connectivity index (χ4v) is 1.42. The van der Waals surface area contributed by atoms with Crippen LogP contribution in [0.15, 0.2) is 12.1 Å². The number of methoxy groups -OCH3 is 2. The summed E-state index contributed by atoms with van der Waals surface area (Å²) in [5.74, 6) is 2.32. The summed E-state index contributed by atoms with van der Waals surface area (Å²) in [5.41, 5.74) is 0.306. The van der Waals surface area contributed by atoms with Gasteiger partial charge in [0.2, 0.25) is 5.78 Å². The Morgan fingerprint density at radius 2 is 2.07 bits per heavy atom. The van der Waals surface area contributed by atoms with Crippen LogP contribution < -0.4 is 9.47 Å². The normalized spacial score (nSPS) is 9.20. The minimum atomic E-state index is -0.446. The molecule has 1 rings (SSSR count). The van der Waals surface area contributed by atoms with Crippen LogP contribution in [0.3, 0.4) is 0 Å². The van der Waals surface area contributed by atoms with Gasteiger partial charge in [-0.25, -0.2) is 0 Å². The maximum Gasteiger partial charge on any atom is 0.235 e. The lowest BCUT2D eigenvalue weighted by Gasteiger charge is -2.09. The summed E-state index contributed by atoms with van der Waals surface area (Å²) in [4.78, 5) is 11.2. The Balaban J connectivity index is 3.33. The molecule has 0 bridgehead atoms. The van der Waals surface area contributed by atoms with Crippen LogP contribution in [0.25, 0.3) is 0 Å². The van der Waals surface area contributed by atoms with Gasteiger partial charge in [0.15, 0.2) is 11.5 Å². The van der Waals surface area contributed by atoms with E-state index in [9.17, 15) is 4.79 Å². The van der Waals surface area contributed by atoms with E-state index >= 15 is 0 Å². The third-order valence-electron chi connectivity index (χ3n) is 1.83. The van der Waals surface area contributed by atoms with Gasteiger partial charge in [-0.2, -0.15) is 0 Å². The van der Waals surface area contributed by atoms with Crippen molar-refractivity contribution in [3.05, 3.63) is 22.7 Å². The van der Waals surface area contributed by atoms with E-state index in [0.29, 0.717) is 17.1 Å². The lowest BCUT2D eigenvalue weighted by atomic mass is 10.1. The fourth-order valence-electron chi connectivity index (χ4n) is 1.13. The molecule has 3 nitrogen and oxygen atoms in total. The molecule has 0 aliphatic heterocycles. The third-order valence-corrected chi connectivity index (χ3v) is 2.11. The highest BCUT2D eigenvalue weighted by molar-refractivity contribution is 6.33. The monoisotopic (exact) mass is 224 g/mol. The van der Waals surface area contributed by atoms with Crippen LogP contribution in [-0.4, -0.2) is 20.0 Å². The van der Waals surface area contributed by atoms with Gasteiger partial charge in [0.1, 0.15) is 0 Å². The first kappa shape index (κ1) is 11.4. The van der Waals surface area contributed by atoms with E-state index in [1.165, 1.54) is 26.4 Å². The maximum atomic E-state index is 11.2. The molecular weight excluding hydrogens is 216 g/mol. The largest absolute Gasteiger partial charge is 0.493 e. The molecule has 0 unspecified atom stereocenters. The molecule has 0 aliphatic carbocycles. The molecule has 15 heavy (non-hydrogen) atoms. The van der Waals surface area contributed by atoms with Crippen LogP contribution in [0.5, 0.6) is 11.5 Å². The highest BCUT2D eigenvalue weighted by atomic mass is 35.5. The van der Waals surface area contributed by atoms with Crippen LogP contribution in [0, 0.1) is 12.3 Å². The molecule has 1 aromatic rings. The zero-order chi connectivity index (χ0) is 11.4. The molecule has 0 saturated carbocycles. The predicted octanol–water partition coefficient (Wildman–Crippen LogP) is 2.17. The molecule has 0 amide bonds. The summed E-state index contributed by atoms with van der Waals surface area (Å²) in [6, 6.07) is 2.94. The minimum Gasteiger partial charge on any atom is -0.493 e. The molecule has 0 aromatic heterocycles. The molecule has 78 valence electrons. The van der Waals surface area contributed by atoms with Gasteiger partial charge in [0.05, 0.1) is 19.2 Å².